The van der Waals surface area contributed by atoms with E-state index in [9.17, 15) is 19.5 Å². The maximum Gasteiger partial charge on any atom is 0.326 e. The largest absolute Gasteiger partial charge is 0.480 e. The summed E-state index contributed by atoms with van der Waals surface area (Å²) in [6.07, 6.45) is 0. The van der Waals surface area contributed by atoms with Crippen molar-refractivity contribution in [2.75, 3.05) is 13.1 Å². The van der Waals surface area contributed by atoms with Crippen molar-refractivity contribution in [3.63, 3.8) is 0 Å². The number of hydrogen-bond donors (Lipinski definition) is 2. The molecule has 0 saturated heterocycles. The van der Waals surface area contributed by atoms with Crippen LogP contribution in [-0.4, -0.2) is 51.3 Å². The quantitative estimate of drug-likeness (QED) is 0.784. The number of carboxylic acids is 1. The van der Waals surface area contributed by atoms with Crippen LogP contribution in [0, 0.1) is 0 Å². The number of amides is 2. The lowest BCUT2D eigenvalue weighted by Gasteiger charge is -2.25. The van der Waals surface area contributed by atoms with E-state index in [1.165, 1.54) is 18.7 Å². The Hall–Kier alpha value is -2.74. The Morgan fingerprint density at radius 2 is 1.96 bits per heavy atom. The summed E-state index contributed by atoms with van der Waals surface area (Å²) in [4.78, 5) is 36.6. The summed E-state index contributed by atoms with van der Waals surface area (Å²) < 4.78 is 4.28. The highest BCUT2D eigenvalue weighted by atomic mass is 32.1. The van der Waals surface area contributed by atoms with Crippen LogP contribution in [0.5, 0.6) is 0 Å². The molecule has 2 amide bonds. The minimum Gasteiger partial charge on any atom is -0.480 e. The molecule has 7 nitrogen and oxygen atoms in total. The number of rotatable bonds is 7. The number of carboxylic acid groups (broad SMARTS) is 1. The van der Waals surface area contributed by atoms with Crippen molar-refractivity contribution < 1.29 is 19.5 Å². The zero-order valence-electron chi connectivity index (χ0n) is 13.9. The molecule has 2 N–H and O–H groups in total. The molecule has 8 heteroatoms. The van der Waals surface area contributed by atoms with Gasteiger partial charge in [-0.05, 0) is 24.5 Å². The minimum atomic E-state index is -1.11. The van der Waals surface area contributed by atoms with E-state index in [-0.39, 0.29) is 19.0 Å². The van der Waals surface area contributed by atoms with Gasteiger partial charge in [-0.15, -0.1) is 0 Å². The molecule has 1 heterocycles. The first-order chi connectivity index (χ1) is 11.9. The van der Waals surface area contributed by atoms with Crippen molar-refractivity contribution in [2.45, 2.75) is 19.9 Å². The molecule has 2 aromatic rings. The Kier molecular flexibility index (Phi) is 6.24. The summed E-state index contributed by atoms with van der Waals surface area (Å²) in [5.74, 6) is -1.76. The van der Waals surface area contributed by atoms with Crippen LogP contribution in [-0.2, 0) is 9.59 Å². The van der Waals surface area contributed by atoms with Gasteiger partial charge in [-0.2, -0.15) is 4.37 Å². The lowest BCUT2D eigenvalue weighted by molar-refractivity contribution is -0.141. The predicted molar refractivity (Wildman–Crippen MR) is 94.4 cm³/mol. The Balaban J connectivity index is 2.19. The van der Waals surface area contributed by atoms with Crippen LogP contribution < -0.4 is 5.32 Å². The van der Waals surface area contributed by atoms with E-state index < -0.39 is 17.9 Å². The maximum absolute atomic E-state index is 12.7. The van der Waals surface area contributed by atoms with Gasteiger partial charge < -0.3 is 15.3 Å². The van der Waals surface area contributed by atoms with E-state index in [0.29, 0.717) is 10.6 Å². The number of aromatic nitrogens is 1. The third-order valence-corrected chi connectivity index (χ3v) is 4.38. The normalized spacial score (nSPS) is 11.6. The van der Waals surface area contributed by atoms with Crippen LogP contribution in [0.4, 0.5) is 0 Å². The van der Waals surface area contributed by atoms with Crippen molar-refractivity contribution >= 4 is 29.3 Å². The predicted octanol–water partition coefficient (Wildman–Crippen LogP) is 1.86. The van der Waals surface area contributed by atoms with Gasteiger partial charge in [-0.1, -0.05) is 30.3 Å². The minimum absolute atomic E-state index is 0.102. The fourth-order valence-corrected chi connectivity index (χ4v) is 2.93. The summed E-state index contributed by atoms with van der Waals surface area (Å²) in [5, 5.41) is 11.8. The molecule has 0 radical (unpaired) electrons. The molecule has 0 fully saturated rings. The van der Waals surface area contributed by atoms with Gasteiger partial charge in [0.1, 0.15) is 10.9 Å². The monoisotopic (exact) mass is 361 g/mol. The zero-order chi connectivity index (χ0) is 18.4. The summed E-state index contributed by atoms with van der Waals surface area (Å²) in [6, 6.07) is 10.1. The average molecular weight is 361 g/mol. The summed E-state index contributed by atoms with van der Waals surface area (Å²) in [5.41, 5.74) is 1.55. The summed E-state index contributed by atoms with van der Waals surface area (Å²) >= 11 is 1.03. The van der Waals surface area contributed by atoms with Crippen LogP contribution >= 0.6 is 11.5 Å². The molecule has 0 spiro atoms. The molecule has 0 saturated carbocycles. The van der Waals surface area contributed by atoms with Crippen molar-refractivity contribution in [3.05, 3.63) is 41.3 Å². The van der Waals surface area contributed by atoms with Crippen molar-refractivity contribution in [1.29, 1.82) is 0 Å². The SMILES string of the molecule is CC(=O)NCCN(C(=O)c1cc(-c2ccccc2)ns1)C(C)C(=O)O. The fraction of sp³-hybridized carbons (Fsp3) is 0.294. The van der Waals surface area contributed by atoms with Gasteiger partial charge in [-0.3, -0.25) is 9.59 Å². The molecule has 0 aliphatic heterocycles. The molecular weight excluding hydrogens is 342 g/mol. The highest BCUT2D eigenvalue weighted by Crippen LogP contribution is 2.23. The number of nitrogens with zero attached hydrogens (tertiary/aromatic N) is 2. The van der Waals surface area contributed by atoms with E-state index >= 15 is 0 Å². The molecule has 1 aromatic carbocycles. The topological polar surface area (TPSA) is 99.6 Å². The van der Waals surface area contributed by atoms with Crippen LogP contribution in [0.15, 0.2) is 36.4 Å². The van der Waals surface area contributed by atoms with Gasteiger partial charge in [0.2, 0.25) is 5.91 Å². The van der Waals surface area contributed by atoms with Crippen molar-refractivity contribution in [1.82, 2.24) is 14.6 Å². The molecular formula is C17H19N3O4S. The molecule has 132 valence electrons. The Labute approximate surface area is 149 Å². The third-order valence-electron chi connectivity index (χ3n) is 3.60. The maximum atomic E-state index is 12.7. The smallest absolute Gasteiger partial charge is 0.326 e. The van der Waals surface area contributed by atoms with Crippen molar-refractivity contribution in [2.24, 2.45) is 0 Å². The second kappa shape index (κ2) is 8.39. The molecule has 25 heavy (non-hydrogen) atoms. The first kappa shape index (κ1) is 18.6. The van der Waals surface area contributed by atoms with Gasteiger partial charge in [0.25, 0.3) is 5.91 Å². The highest BCUT2D eigenvalue weighted by molar-refractivity contribution is 7.08. The Morgan fingerprint density at radius 1 is 1.28 bits per heavy atom. The van der Waals surface area contributed by atoms with Crippen LogP contribution in [0.1, 0.15) is 23.5 Å². The standard InChI is InChI=1S/C17H19N3O4S/c1-11(17(23)24)20(9-8-18-12(2)21)16(22)15-10-14(19-25-15)13-6-4-3-5-7-13/h3-7,10-11H,8-9H2,1-2H3,(H,18,21)(H,23,24). The molecule has 1 aromatic heterocycles. The van der Waals surface area contributed by atoms with Gasteiger partial charge >= 0.3 is 5.97 Å². The van der Waals surface area contributed by atoms with Crippen LogP contribution in [0.2, 0.25) is 0 Å². The Morgan fingerprint density at radius 3 is 2.56 bits per heavy atom. The van der Waals surface area contributed by atoms with Crippen molar-refractivity contribution in [3.8, 4) is 11.3 Å². The molecule has 0 aliphatic rings. The van der Waals surface area contributed by atoms with Gasteiger partial charge in [0.15, 0.2) is 0 Å². The van der Waals surface area contributed by atoms with Gasteiger partial charge in [-0.25, -0.2) is 4.79 Å². The lowest BCUT2D eigenvalue weighted by atomic mass is 10.1. The average Bonchev–Trinajstić information content (AvgIpc) is 3.08. The second-order valence-electron chi connectivity index (χ2n) is 5.44. The molecule has 1 atom stereocenters. The van der Waals surface area contributed by atoms with Crippen LogP contribution in [0.3, 0.4) is 0 Å². The second-order valence-corrected chi connectivity index (χ2v) is 6.24. The number of hydrogen-bond acceptors (Lipinski definition) is 5. The highest BCUT2D eigenvalue weighted by Gasteiger charge is 2.27. The first-order valence-electron chi connectivity index (χ1n) is 7.70. The molecule has 1 unspecified atom stereocenters. The van der Waals surface area contributed by atoms with E-state index in [1.807, 2.05) is 30.3 Å². The molecule has 2 rings (SSSR count). The number of carbonyl (C=O) groups is 3. The van der Waals surface area contributed by atoms with Gasteiger partial charge in [0, 0.05) is 25.6 Å². The number of benzene rings is 1. The third kappa shape index (κ3) is 4.87. The van der Waals surface area contributed by atoms with E-state index in [4.69, 9.17) is 0 Å². The molecule has 0 aliphatic carbocycles. The number of aliphatic carboxylic acids is 1. The Bertz CT molecular complexity index is 760. The summed E-state index contributed by atoms with van der Waals surface area (Å²) in [6.45, 7) is 3.09. The number of carbonyl (C=O) groups excluding carboxylic acids is 2. The van der Waals surface area contributed by atoms with Crippen LogP contribution in [0.25, 0.3) is 11.3 Å². The summed E-state index contributed by atoms with van der Waals surface area (Å²) in [7, 11) is 0. The number of nitrogens with one attached hydrogen (secondary N) is 1. The van der Waals surface area contributed by atoms with E-state index in [0.717, 1.165) is 17.1 Å². The lowest BCUT2D eigenvalue weighted by Crippen LogP contribution is -2.46. The fourth-order valence-electron chi connectivity index (χ4n) is 2.22. The van der Waals surface area contributed by atoms with Gasteiger partial charge in [0.05, 0.1) is 5.69 Å². The molecule has 0 bridgehead atoms. The first-order valence-corrected chi connectivity index (χ1v) is 8.48. The zero-order valence-corrected chi connectivity index (χ0v) is 14.7. The van der Waals surface area contributed by atoms with E-state index in [2.05, 4.69) is 9.69 Å². The van der Waals surface area contributed by atoms with E-state index in [1.54, 1.807) is 6.07 Å².